The third-order valence-electron chi connectivity index (χ3n) is 4.78. The van der Waals surface area contributed by atoms with E-state index in [1.54, 1.807) is 0 Å². The number of fused-ring (bicyclic) bond motifs is 2. The molecule has 122 valence electrons. The van der Waals surface area contributed by atoms with Crippen LogP contribution in [0.25, 0.3) is 0 Å². The summed E-state index contributed by atoms with van der Waals surface area (Å²) in [5, 5.41) is 41.6. The number of ether oxygens (including phenoxy) is 1. The second-order valence-corrected chi connectivity index (χ2v) is 5.91. The fourth-order valence-corrected chi connectivity index (χ4v) is 3.20. The molecule has 0 saturated heterocycles. The summed E-state index contributed by atoms with van der Waals surface area (Å²) in [6.07, 6.45) is -0.810. The minimum atomic E-state index is -1.49. The van der Waals surface area contributed by atoms with Gasteiger partial charge in [-0.1, -0.05) is 0 Å². The van der Waals surface area contributed by atoms with Crippen LogP contribution in [0.3, 0.4) is 0 Å². The molecule has 3 rings (SSSR count). The van der Waals surface area contributed by atoms with E-state index in [0.717, 1.165) is 12.2 Å². The average Bonchev–Trinajstić information content (AvgIpc) is 2.52. The van der Waals surface area contributed by atoms with Crippen LogP contribution in [-0.4, -0.2) is 50.8 Å². The maximum Gasteiger partial charge on any atom is 0.190 e. The molecule has 1 aromatic rings. The number of benzene rings is 1. The van der Waals surface area contributed by atoms with Gasteiger partial charge in [0.25, 0.3) is 0 Å². The van der Waals surface area contributed by atoms with Gasteiger partial charge in [-0.25, -0.2) is 0 Å². The standard InChI is InChI=1S/C16H16O7/c1-16(23-2)9(19)5-6-10(15(16)22)14(21)12-8(18)4-3-7(17)11(12)13(6)20/h3-4,9,15,19-22H,5H2,1-2H3/t9-,15-,16-/m0/s1. The quantitative estimate of drug-likeness (QED) is 0.552. The molecule has 0 radical (unpaired) electrons. The molecule has 2 aliphatic rings. The van der Waals surface area contributed by atoms with E-state index in [2.05, 4.69) is 0 Å². The van der Waals surface area contributed by atoms with E-state index in [9.17, 15) is 30.0 Å². The molecule has 0 aromatic heterocycles. The molecule has 0 aliphatic heterocycles. The van der Waals surface area contributed by atoms with Gasteiger partial charge in [-0.05, 0) is 19.1 Å². The van der Waals surface area contributed by atoms with Crippen molar-refractivity contribution in [3.05, 3.63) is 34.4 Å². The van der Waals surface area contributed by atoms with Gasteiger partial charge in [0.05, 0.1) is 17.2 Å². The number of rotatable bonds is 1. The zero-order chi connectivity index (χ0) is 17.1. The van der Waals surface area contributed by atoms with Gasteiger partial charge in [-0.3, -0.25) is 9.59 Å². The highest BCUT2D eigenvalue weighted by Crippen LogP contribution is 2.50. The van der Waals surface area contributed by atoms with Crippen LogP contribution in [0.2, 0.25) is 0 Å². The van der Waals surface area contributed by atoms with Gasteiger partial charge in [-0.2, -0.15) is 0 Å². The third-order valence-corrected chi connectivity index (χ3v) is 4.78. The first kappa shape index (κ1) is 15.7. The zero-order valence-electron chi connectivity index (χ0n) is 12.5. The summed E-state index contributed by atoms with van der Waals surface area (Å²) in [6, 6.07) is 0. The van der Waals surface area contributed by atoms with E-state index in [0.29, 0.717) is 0 Å². The Morgan fingerprint density at radius 2 is 1.61 bits per heavy atom. The average molecular weight is 320 g/mol. The van der Waals surface area contributed by atoms with Crippen molar-refractivity contribution in [1.82, 2.24) is 0 Å². The Balaban J connectivity index is 2.36. The summed E-state index contributed by atoms with van der Waals surface area (Å²) in [6.45, 7) is 1.45. The number of phenolic OH excluding ortho intramolecular Hbond substituents is 2. The molecule has 0 fully saturated rings. The van der Waals surface area contributed by atoms with Crippen LogP contribution in [0.5, 0.6) is 11.5 Å². The van der Waals surface area contributed by atoms with Gasteiger partial charge in [0.1, 0.15) is 23.2 Å². The molecule has 2 aliphatic carbocycles. The van der Waals surface area contributed by atoms with Crippen molar-refractivity contribution in [3.63, 3.8) is 0 Å². The lowest BCUT2D eigenvalue weighted by molar-refractivity contribution is -0.164. The van der Waals surface area contributed by atoms with Crippen molar-refractivity contribution in [2.45, 2.75) is 31.2 Å². The molecule has 7 heteroatoms. The number of hydrogen-bond acceptors (Lipinski definition) is 7. The van der Waals surface area contributed by atoms with Gasteiger partial charge in [-0.15, -0.1) is 0 Å². The smallest absolute Gasteiger partial charge is 0.190 e. The molecular weight excluding hydrogens is 304 g/mol. The van der Waals surface area contributed by atoms with Crippen LogP contribution < -0.4 is 0 Å². The van der Waals surface area contributed by atoms with Crippen LogP contribution in [0.4, 0.5) is 0 Å². The Morgan fingerprint density at radius 3 is 2.13 bits per heavy atom. The van der Waals surface area contributed by atoms with E-state index in [1.807, 2.05) is 0 Å². The van der Waals surface area contributed by atoms with Crippen molar-refractivity contribution in [3.8, 4) is 11.5 Å². The number of ketones is 2. The molecule has 0 saturated carbocycles. The van der Waals surface area contributed by atoms with Gasteiger partial charge in [0.2, 0.25) is 0 Å². The van der Waals surface area contributed by atoms with Crippen molar-refractivity contribution < 1.29 is 34.8 Å². The number of hydrogen-bond donors (Lipinski definition) is 4. The second kappa shape index (κ2) is 4.89. The molecule has 0 spiro atoms. The fraction of sp³-hybridized carbons (Fsp3) is 0.375. The normalized spacial score (nSPS) is 29.4. The second-order valence-electron chi connectivity index (χ2n) is 5.91. The number of aliphatic hydroxyl groups is 2. The highest BCUT2D eigenvalue weighted by Gasteiger charge is 2.49. The molecule has 23 heavy (non-hydrogen) atoms. The van der Waals surface area contributed by atoms with E-state index in [1.165, 1.54) is 14.0 Å². The van der Waals surface area contributed by atoms with E-state index in [4.69, 9.17) is 4.74 Å². The molecule has 0 bridgehead atoms. The number of carbonyl (C=O) groups is 2. The Morgan fingerprint density at radius 1 is 1.09 bits per heavy atom. The Kier molecular flexibility index (Phi) is 3.33. The van der Waals surface area contributed by atoms with Gasteiger partial charge >= 0.3 is 0 Å². The maximum absolute atomic E-state index is 12.0. The minimum Gasteiger partial charge on any atom is -0.507 e. The highest BCUT2D eigenvalue weighted by atomic mass is 16.5. The van der Waals surface area contributed by atoms with Crippen LogP contribution in [-0.2, 0) is 11.2 Å². The Labute approximate surface area is 131 Å². The lowest BCUT2D eigenvalue weighted by Gasteiger charge is -2.43. The predicted molar refractivity (Wildman–Crippen MR) is 77.7 cm³/mol. The number of aromatic hydroxyl groups is 2. The van der Waals surface area contributed by atoms with Gasteiger partial charge in [0, 0.05) is 24.7 Å². The van der Waals surface area contributed by atoms with Gasteiger partial charge < -0.3 is 25.2 Å². The molecule has 0 unspecified atom stereocenters. The summed E-state index contributed by atoms with van der Waals surface area (Å²) in [4.78, 5) is 24.0. The molecule has 7 nitrogen and oxygen atoms in total. The highest BCUT2D eigenvalue weighted by molar-refractivity contribution is 6.24. The number of carbonyl (C=O) groups excluding carboxylic acids is 2. The fourth-order valence-electron chi connectivity index (χ4n) is 3.20. The maximum atomic E-state index is 12.0. The number of allylic oxidation sites excluding steroid dienone is 2. The van der Waals surface area contributed by atoms with Crippen LogP contribution >= 0.6 is 0 Å². The largest absolute Gasteiger partial charge is 0.507 e. The first-order valence-corrected chi connectivity index (χ1v) is 7.02. The lowest BCUT2D eigenvalue weighted by atomic mass is 9.73. The molecule has 0 amide bonds. The minimum absolute atomic E-state index is 0.0345. The first-order valence-electron chi connectivity index (χ1n) is 7.02. The van der Waals surface area contributed by atoms with Crippen molar-refractivity contribution in [2.75, 3.05) is 7.11 Å². The zero-order valence-corrected chi connectivity index (χ0v) is 12.5. The van der Waals surface area contributed by atoms with Crippen LogP contribution in [0.1, 0.15) is 44.9 Å². The summed E-state index contributed by atoms with van der Waals surface area (Å²) in [7, 11) is 1.30. The Hall–Kier alpha value is -2.22. The predicted octanol–water partition coefficient (Wildman–Crippen LogP) is 0.388. The topological polar surface area (TPSA) is 124 Å². The lowest BCUT2D eigenvalue weighted by Crippen LogP contribution is -2.51. The monoisotopic (exact) mass is 320 g/mol. The van der Waals surface area contributed by atoms with E-state index in [-0.39, 0.29) is 28.7 Å². The Bertz CT molecular complexity index is 764. The van der Waals surface area contributed by atoms with E-state index >= 15 is 0 Å². The summed E-state index contributed by atoms with van der Waals surface area (Å²) in [5.41, 5.74) is -2.15. The molecule has 3 atom stereocenters. The van der Waals surface area contributed by atoms with Crippen molar-refractivity contribution in [2.24, 2.45) is 0 Å². The van der Waals surface area contributed by atoms with Crippen LogP contribution in [0.15, 0.2) is 12.2 Å². The van der Waals surface area contributed by atoms with Crippen molar-refractivity contribution >= 4 is 11.6 Å². The SMILES string of the molecule is CO[C@@]1(C)[C@@H](O)Cc2c(O)c3c(c(O)c2[C@@H]1O)C(=O)C=CC3=O. The molecular formula is C16H16O7. The molecule has 1 aromatic carbocycles. The molecule has 4 N–H and O–H groups in total. The van der Waals surface area contributed by atoms with E-state index < -0.39 is 40.9 Å². The first-order chi connectivity index (χ1) is 10.7. The number of methoxy groups -OCH3 is 1. The number of aliphatic hydroxyl groups excluding tert-OH is 2. The summed E-state index contributed by atoms with van der Waals surface area (Å²) >= 11 is 0. The van der Waals surface area contributed by atoms with Gasteiger partial charge in [0.15, 0.2) is 11.6 Å². The summed E-state index contributed by atoms with van der Waals surface area (Å²) < 4.78 is 5.19. The van der Waals surface area contributed by atoms with Crippen molar-refractivity contribution in [1.29, 1.82) is 0 Å². The molecule has 0 heterocycles. The number of phenols is 2. The van der Waals surface area contributed by atoms with Crippen LogP contribution in [0, 0.1) is 0 Å². The summed E-state index contributed by atoms with van der Waals surface area (Å²) in [5.74, 6) is -2.35. The third kappa shape index (κ3) is 1.87.